The Balaban J connectivity index is 3.96. The average molecular weight is 175 g/mol. The van der Waals surface area contributed by atoms with Crippen LogP contribution in [0.1, 0.15) is 34.1 Å². The van der Waals surface area contributed by atoms with Crippen molar-refractivity contribution in [2.45, 2.75) is 46.2 Å². The number of nitrogens with zero attached hydrogens (tertiary/aromatic N) is 1. The van der Waals surface area contributed by atoms with E-state index in [1.165, 1.54) is 11.9 Å². The van der Waals surface area contributed by atoms with E-state index in [4.69, 9.17) is 0 Å². The van der Waals surface area contributed by atoms with Gasteiger partial charge in [0.15, 0.2) is 5.62 Å². The first kappa shape index (κ1) is 11.0. The van der Waals surface area contributed by atoms with Crippen LogP contribution >= 0.6 is 11.9 Å². The lowest BCUT2D eigenvalue weighted by molar-refractivity contribution is 0.313. The van der Waals surface area contributed by atoms with Crippen LogP contribution in [0.15, 0.2) is 0 Å². The second kappa shape index (κ2) is 5.61. The minimum Gasteiger partial charge on any atom is -0.290 e. The van der Waals surface area contributed by atoms with E-state index in [2.05, 4.69) is 32.0 Å². The van der Waals surface area contributed by atoms with Crippen molar-refractivity contribution in [2.75, 3.05) is 0 Å². The summed E-state index contributed by atoms with van der Waals surface area (Å²) < 4.78 is 2.12. The molecule has 0 rings (SSSR count). The Morgan fingerprint density at radius 3 is 2.27 bits per heavy atom. The lowest BCUT2D eigenvalue weighted by Crippen LogP contribution is -2.32. The van der Waals surface area contributed by atoms with Crippen LogP contribution in [0, 0.1) is 0 Å². The molecule has 0 aromatic heterocycles. The van der Waals surface area contributed by atoms with Gasteiger partial charge in [0.25, 0.3) is 0 Å². The van der Waals surface area contributed by atoms with E-state index >= 15 is 0 Å². The highest BCUT2D eigenvalue weighted by Gasteiger charge is 2.15. The van der Waals surface area contributed by atoms with E-state index in [-0.39, 0.29) is 0 Å². The summed E-state index contributed by atoms with van der Waals surface area (Å²) in [4.78, 5) is 10.3. The zero-order valence-corrected chi connectivity index (χ0v) is 8.52. The van der Waals surface area contributed by atoms with Crippen LogP contribution in [0.25, 0.3) is 0 Å². The maximum atomic E-state index is 10.3. The summed E-state index contributed by atoms with van der Waals surface area (Å²) in [6.07, 6.45) is 1.08. The number of rotatable bonds is 5. The molecule has 0 radical (unpaired) electrons. The van der Waals surface area contributed by atoms with Crippen molar-refractivity contribution in [2.24, 2.45) is 0 Å². The third kappa shape index (κ3) is 3.77. The molecular formula is C8H17NOS. The molecular weight excluding hydrogens is 158 g/mol. The maximum absolute atomic E-state index is 10.3. The molecule has 0 aromatic rings. The monoisotopic (exact) mass is 175 g/mol. The third-order valence-electron chi connectivity index (χ3n) is 1.70. The normalized spacial score (nSPS) is 14.0. The molecule has 66 valence electrons. The summed E-state index contributed by atoms with van der Waals surface area (Å²) in [6.45, 7) is 8.47. The van der Waals surface area contributed by atoms with E-state index in [0.29, 0.717) is 12.1 Å². The van der Waals surface area contributed by atoms with Crippen LogP contribution < -0.4 is 0 Å². The van der Waals surface area contributed by atoms with Crippen molar-refractivity contribution in [1.82, 2.24) is 4.31 Å². The first-order chi connectivity index (χ1) is 5.13. The van der Waals surface area contributed by atoms with Gasteiger partial charge >= 0.3 is 0 Å². The maximum Gasteiger partial charge on any atom is 0.191 e. The molecule has 0 N–H and O–H groups in total. The summed E-state index contributed by atoms with van der Waals surface area (Å²) in [7, 11) is 0. The molecule has 0 amide bonds. The van der Waals surface area contributed by atoms with E-state index in [1.54, 1.807) is 0 Å². The molecule has 0 heterocycles. The smallest absolute Gasteiger partial charge is 0.191 e. The molecule has 1 unspecified atom stereocenters. The lowest BCUT2D eigenvalue weighted by Gasteiger charge is -2.28. The predicted molar refractivity (Wildman–Crippen MR) is 51.1 cm³/mol. The minimum absolute atomic E-state index is 0.431. The Morgan fingerprint density at radius 2 is 2.00 bits per heavy atom. The molecule has 0 bridgehead atoms. The molecule has 0 saturated carbocycles. The van der Waals surface area contributed by atoms with E-state index < -0.39 is 0 Å². The molecule has 0 fully saturated rings. The molecule has 0 aliphatic rings. The molecule has 0 saturated heterocycles. The Hall–Kier alpha value is -0.0200. The first-order valence-electron chi connectivity index (χ1n) is 4.02. The van der Waals surface area contributed by atoms with Crippen molar-refractivity contribution in [3.8, 4) is 0 Å². The molecule has 1 atom stereocenters. The van der Waals surface area contributed by atoms with Gasteiger partial charge in [-0.05, 0) is 39.1 Å². The molecule has 0 aromatic carbocycles. The molecule has 0 aliphatic heterocycles. The fraction of sp³-hybridized carbons (Fsp3) is 0.875. The zero-order chi connectivity index (χ0) is 8.85. The Bertz CT molecular complexity index is 117. The second-order valence-corrected chi connectivity index (χ2v) is 3.74. The lowest BCUT2D eigenvalue weighted by atomic mass is 10.2. The topological polar surface area (TPSA) is 20.3 Å². The van der Waals surface area contributed by atoms with Crippen molar-refractivity contribution < 1.29 is 4.79 Å². The SMILES string of the molecule is CCC(C)N(SC=O)C(C)C. The Labute approximate surface area is 73.5 Å². The van der Waals surface area contributed by atoms with Gasteiger partial charge in [-0.25, -0.2) is 4.31 Å². The van der Waals surface area contributed by atoms with Gasteiger partial charge in [-0.1, -0.05) is 6.92 Å². The van der Waals surface area contributed by atoms with Crippen molar-refractivity contribution in [1.29, 1.82) is 0 Å². The molecule has 3 heteroatoms. The Kier molecular flexibility index (Phi) is 5.60. The van der Waals surface area contributed by atoms with Gasteiger partial charge in [0.2, 0.25) is 0 Å². The van der Waals surface area contributed by atoms with Gasteiger partial charge in [-0.2, -0.15) is 0 Å². The first-order valence-corrected chi connectivity index (χ1v) is 4.85. The van der Waals surface area contributed by atoms with E-state index in [9.17, 15) is 4.79 Å². The number of hydrogen-bond acceptors (Lipinski definition) is 3. The highest BCUT2D eigenvalue weighted by atomic mass is 32.2. The summed E-state index contributed by atoms with van der Waals surface area (Å²) in [5.74, 6) is 0. The minimum atomic E-state index is 0.431. The van der Waals surface area contributed by atoms with Gasteiger partial charge in [0, 0.05) is 12.1 Å². The fourth-order valence-corrected chi connectivity index (χ4v) is 1.66. The molecule has 0 spiro atoms. The summed E-state index contributed by atoms with van der Waals surface area (Å²) in [5, 5.41) is 0. The number of carbonyl (C=O) groups is 1. The second-order valence-electron chi connectivity index (χ2n) is 2.91. The standard InChI is InChI=1S/C8H17NOS/c1-5-8(4)9(7(2)3)11-6-10/h6-8H,5H2,1-4H3. The zero-order valence-electron chi connectivity index (χ0n) is 7.70. The fourth-order valence-electron chi connectivity index (χ4n) is 0.964. The van der Waals surface area contributed by atoms with Crippen LogP contribution in [-0.4, -0.2) is 22.0 Å². The number of hydrogen-bond donors (Lipinski definition) is 0. The van der Waals surface area contributed by atoms with Crippen LogP contribution in [0.2, 0.25) is 0 Å². The largest absolute Gasteiger partial charge is 0.290 e. The van der Waals surface area contributed by atoms with Gasteiger partial charge in [-0.3, -0.25) is 4.79 Å². The summed E-state index contributed by atoms with van der Waals surface area (Å²) in [5.41, 5.74) is 0.895. The van der Waals surface area contributed by atoms with Crippen LogP contribution in [-0.2, 0) is 4.79 Å². The highest BCUT2D eigenvalue weighted by molar-refractivity contribution is 8.09. The quantitative estimate of drug-likeness (QED) is 0.472. The molecule has 0 aliphatic carbocycles. The van der Waals surface area contributed by atoms with E-state index in [0.717, 1.165) is 12.0 Å². The van der Waals surface area contributed by atoms with Gasteiger partial charge in [-0.15, -0.1) is 0 Å². The molecule has 2 nitrogen and oxygen atoms in total. The summed E-state index contributed by atoms with van der Waals surface area (Å²) in [6, 6.07) is 0.908. The third-order valence-corrected chi connectivity index (χ3v) is 2.81. The van der Waals surface area contributed by atoms with Crippen molar-refractivity contribution in [3.63, 3.8) is 0 Å². The average Bonchev–Trinajstić information content (AvgIpc) is 1.98. The highest BCUT2D eigenvalue weighted by Crippen LogP contribution is 2.17. The molecule has 11 heavy (non-hydrogen) atoms. The van der Waals surface area contributed by atoms with Gasteiger partial charge in [0.05, 0.1) is 0 Å². The van der Waals surface area contributed by atoms with Crippen LogP contribution in [0.3, 0.4) is 0 Å². The Morgan fingerprint density at radius 1 is 1.45 bits per heavy atom. The van der Waals surface area contributed by atoms with Crippen LogP contribution in [0.5, 0.6) is 0 Å². The summed E-state index contributed by atoms with van der Waals surface area (Å²) >= 11 is 1.27. The predicted octanol–water partition coefficient (Wildman–Crippen LogP) is 2.33. The van der Waals surface area contributed by atoms with Crippen LogP contribution in [0.4, 0.5) is 0 Å². The van der Waals surface area contributed by atoms with Gasteiger partial charge in [0.1, 0.15) is 0 Å². The van der Waals surface area contributed by atoms with Crippen molar-refractivity contribution in [3.05, 3.63) is 0 Å². The number of carbonyl (C=O) groups excluding carboxylic acids is 1. The van der Waals surface area contributed by atoms with Crippen molar-refractivity contribution >= 4 is 17.6 Å². The van der Waals surface area contributed by atoms with Gasteiger partial charge < -0.3 is 0 Å². The van der Waals surface area contributed by atoms with E-state index in [1.807, 2.05) is 0 Å².